The van der Waals surface area contributed by atoms with Crippen LogP contribution in [0.5, 0.6) is 0 Å². The lowest BCUT2D eigenvalue weighted by molar-refractivity contribution is -0.660. The molecule has 20 heavy (non-hydrogen) atoms. The molecule has 3 aromatic heterocycles. The first-order valence-electron chi connectivity index (χ1n) is 6.59. The first-order valence-corrected chi connectivity index (χ1v) is 8.35. The summed E-state index contributed by atoms with van der Waals surface area (Å²) in [4.78, 5) is 0. The third-order valence-electron chi connectivity index (χ3n) is 3.87. The van der Waals surface area contributed by atoms with Crippen LogP contribution in [-0.2, 0) is 7.05 Å². The van der Waals surface area contributed by atoms with Crippen LogP contribution < -0.4 is 4.57 Å². The first-order chi connectivity index (χ1) is 9.77. The summed E-state index contributed by atoms with van der Waals surface area (Å²) in [6.45, 7) is 2.25. The van der Waals surface area contributed by atoms with Gasteiger partial charge in [0.05, 0.1) is 5.56 Å². The molecule has 1 nitrogen and oxygen atoms in total. The van der Waals surface area contributed by atoms with E-state index in [1.54, 1.807) is 0 Å². The van der Waals surface area contributed by atoms with E-state index in [-0.39, 0.29) is 0 Å². The molecule has 0 saturated carbocycles. The lowest BCUT2D eigenvalue weighted by Crippen LogP contribution is -2.30. The van der Waals surface area contributed by atoms with Crippen molar-refractivity contribution < 1.29 is 4.57 Å². The van der Waals surface area contributed by atoms with Crippen molar-refractivity contribution >= 4 is 42.8 Å². The lowest BCUT2D eigenvalue weighted by Gasteiger charge is -2.08. The van der Waals surface area contributed by atoms with Crippen LogP contribution in [0.4, 0.5) is 0 Å². The van der Waals surface area contributed by atoms with E-state index in [4.69, 9.17) is 0 Å². The average molecular weight is 296 g/mol. The van der Waals surface area contributed by atoms with Crippen molar-refractivity contribution in [2.45, 2.75) is 6.92 Å². The van der Waals surface area contributed by atoms with Gasteiger partial charge >= 0.3 is 0 Å². The molecule has 0 bridgehead atoms. The zero-order valence-corrected chi connectivity index (χ0v) is 13.0. The van der Waals surface area contributed by atoms with Gasteiger partial charge in [0.1, 0.15) is 7.05 Å². The molecular weight excluding hydrogens is 282 g/mol. The fourth-order valence-corrected chi connectivity index (χ4v) is 4.84. The topological polar surface area (TPSA) is 3.88 Å². The van der Waals surface area contributed by atoms with Gasteiger partial charge in [-0.3, -0.25) is 0 Å². The Morgan fingerprint density at radius 1 is 0.900 bits per heavy atom. The Hall–Kier alpha value is -1.71. The molecule has 0 N–H and O–H groups in total. The van der Waals surface area contributed by atoms with Gasteiger partial charge in [0, 0.05) is 32.3 Å². The summed E-state index contributed by atoms with van der Waals surface area (Å²) in [5.41, 5.74) is 4.05. The van der Waals surface area contributed by atoms with Crippen LogP contribution in [0, 0.1) is 6.92 Å². The number of benzene rings is 1. The molecule has 0 amide bonds. The summed E-state index contributed by atoms with van der Waals surface area (Å²) >= 11 is 3.69. The minimum atomic E-state index is 1.28. The molecule has 3 heterocycles. The van der Waals surface area contributed by atoms with Crippen molar-refractivity contribution in [2.24, 2.45) is 7.05 Å². The molecule has 3 heteroatoms. The molecule has 1 aromatic carbocycles. The molecule has 0 spiro atoms. The second-order valence-electron chi connectivity index (χ2n) is 5.02. The van der Waals surface area contributed by atoms with Gasteiger partial charge in [-0.1, -0.05) is 0 Å². The van der Waals surface area contributed by atoms with Gasteiger partial charge in [-0.15, -0.1) is 22.7 Å². The maximum atomic E-state index is 2.26. The Morgan fingerprint density at radius 2 is 1.65 bits per heavy atom. The van der Waals surface area contributed by atoms with E-state index in [1.165, 1.54) is 37.0 Å². The van der Waals surface area contributed by atoms with Crippen LogP contribution in [0.1, 0.15) is 5.56 Å². The maximum absolute atomic E-state index is 2.26. The summed E-state index contributed by atoms with van der Waals surface area (Å²) in [6.07, 6.45) is 2.12. The first kappa shape index (κ1) is 12.1. The Balaban J connectivity index is 2.24. The molecule has 0 atom stereocenters. The Labute approximate surface area is 125 Å². The SMILES string of the molecule is Cc1c(-c2cccc[n+]2C)c2ccsc2c2ccsc12. The minimum Gasteiger partial charge on any atom is -0.201 e. The molecule has 0 aliphatic carbocycles. The monoisotopic (exact) mass is 296 g/mol. The van der Waals surface area contributed by atoms with E-state index in [1.807, 2.05) is 22.7 Å². The summed E-state index contributed by atoms with van der Waals surface area (Å²) in [6, 6.07) is 10.9. The van der Waals surface area contributed by atoms with Gasteiger partial charge in [-0.25, -0.2) is 4.57 Å². The summed E-state index contributed by atoms with van der Waals surface area (Å²) in [7, 11) is 2.12. The summed E-state index contributed by atoms with van der Waals surface area (Å²) in [5.74, 6) is 0. The zero-order chi connectivity index (χ0) is 13.7. The van der Waals surface area contributed by atoms with Gasteiger partial charge < -0.3 is 0 Å². The minimum absolute atomic E-state index is 1.28. The van der Waals surface area contributed by atoms with E-state index in [2.05, 4.69) is 65.8 Å². The number of fused-ring (bicyclic) bond motifs is 3. The third kappa shape index (κ3) is 1.57. The van der Waals surface area contributed by atoms with Crippen molar-refractivity contribution in [3.8, 4) is 11.3 Å². The van der Waals surface area contributed by atoms with Crippen molar-refractivity contribution in [3.63, 3.8) is 0 Å². The van der Waals surface area contributed by atoms with Crippen LogP contribution in [0.3, 0.4) is 0 Å². The number of pyridine rings is 1. The average Bonchev–Trinajstić information content (AvgIpc) is 3.08. The molecule has 98 valence electrons. The second kappa shape index (κ2) is 4.40. The van der Waals surface area contributed by atoms with E-state index in [0.29, 0.717) is 0 Å². The number of nitrogens with zero attached hydrogens (tertiary/aromatic N) is 1. The highest BCUT2D eigenvalue weighted by Gasteiger charge is 2.19. The molecule has 0 fully saturated rings. The summed E-state index contributed by atoms with van der Waals surface area (Å²) < 4.78 is 5.03. The predicted octanol–water partition coefficient (Wildman–Crippen LogP) is 4.92. The standard InChI is InChI=1S/C17H14NS2/c1-11-15(14-5-3-4-8-18(14)2)12-6-9-20-17(12)13-7-10-19-16(11)13/h3-10H,1-2H3/q+1. The largest absolute Gasteiger partial charge is 0.213 e. The number of hydrogen-bond acceptors (Lipinski definition) is 2. The molecule has 0 radical (unpaired) electrons. The second-order valence-corrected chi connectivity index (χ2v) is 6.86. The predicted molar refractivity (Wildman–Crippen MR) is 88.6 cm³/mol. The van der Waals surface area contributed by atoms with Gasteiger partial charge in [0.15, 0.2) is 6.20 Å². The fourth-order valence-electron chi connectivity index (χ4n) is 2.92. The van der Waals surface area contributed by atoms with E-state index in [9.17, 15) is 0 Å². The van der Waals surface area contributed by atoms with E-state index >= 15 is 0 Å². The van der Waals surface area contributed by atoms with Crippen LogP contribution >= 0.6 is 22.7 Å². The van der Waals surface area contributed by atoms with Crippen LogP contribution in [-0.4, -0.2) is 0 Å². The molecule has 4 rings (SSSR count). The zero-order valence-electron chi connectivity index (χ0n) is 11.4. The van der Waals surface area contributed by atoms with Crippen LogP contribution in [0.15, 0.2) is 47.3 Å². The van der Waals surface area contributed by atoms with Crippen molar-refractivity contribution in [2.75, 3.05) is 0 Å². The third-order valence-corrected chi connectivity index (χ3v) is 5.85. The van der Waals surface area contributed by atoms with Crippen LogP contribution in [0.2, 0.25) is 0 Å². The fraction of sp³-hybridized carbons (Fsp3) is 0.118. The molecule has 0 unspecified atom stereocenters. The maximum Gasteiger partial charge on any atom is 0.213 e. The highest BCUT2D eigenvalue weighted by molar-refractivity contribution is 7.21. The number of rotatable bonds is 1. The number of aryl methyl sites for hydroxylation is 2. The Kier molecular flexibility index (Phi) is 2.65. The van der Waals surface area contributed by atoms with Gasteiger partial charge in [-0.2, -0.15) is 0 Å². The van der Waals surface area contributed by atoms with Gasteiger partial charge in [0.2, 0.25) is 5.69 Å². The molecule has 4 aromatic rings. The van der Waals surface area contributed by atoms with E-state index < -0.39 is 0 Å². The number of aromatic nitrogens is 1. The highest BCUT2D eigenvalue weighted by Crippen LogP contribution is 2.41. The molecule has 0 saturated heterocycles. The van der Waals surface area contributed by atoms with Crippen molar-refractivity contribution in [1.82, 2.24) is 0 Å². The smallest absolute Gasteiger partial charge is 0.201 e. The Morgan fingerprint density at radius 3 is 2.45 bits per heavy atom. The van der Waals surface area contributed by atoms with Crippen molar-refractivity contribution in [1.29, 1.82) is 0 Å². The van der Waals surface area contributed by atoms with Gasteiger partial charge in [0.25, 0.3) is 0 Å². The van der Waals surface area contributed by atoms with Crippen LogP contribution in [0.25, 0.3) is 31.4 Å². The summed E-state index contributed by atoms with van der Waals surface area (Å²) in [5, 5.41) is 7.18. The Bertz CT molecular complexity index is 931. The van der Waals surface area contributed by atoms with Crippen molar-refractivity contribution in [3.05, 3.63) is 52.9 Å². The molecule has 0 aliphatic rings. The number of thiophene rings is 2. The van der Waals surface area contributed by atoms with Gasteiger partial charge in [-0.05, 0) is 41.4 Å². The lowest BCUT2D eigenvalue weighted by atomic mass is 9.99. The number of hydrogen-bond donors (Lipinski definition) is 0. The van der Waals surface area contributed by atoms with E-state index in [0.717, 1.165) is 0 Å². The quantitative estimate of drug-likeness (QED) is 0.439. The molecule has 0 aliphatic heterocycles. The normalized spacial score (nSPS) is 11.5. The highest BCUT2D eigenvalue weighted by atomic mass is 32.1. The molecular formula is C17H14NS2+.